The van der Waals surface area contributed by atoms with Gasteiger partial charge in [0.05, 0.1) is 23.7 Å². The summed E-state index contributed by atoms with van der Waals surface area (Å²) in [6.45, 7) is 11.1. The summed E-state index contributed by atoms with van der Waals surface area (Å²) in [4.78, 5) is 0. The van der Waals surface area contributed by atoms with Crippen LogP contribution in [0, 0.1) is 23.2 Å². The quantitative estimate of drug-likeness (QED) is 0.207. The van der Waals surface area contributed by atoms with Crippen LogP contribution in [0.5, 0.6) is 0 Å². The average Bonchev–Trinajstić information content (AvgIpc) is 3.46. The van der Waals surface area contributed by atoms with Crippen molar-refractivity contribution in [2.75, 3.05) is 0 Å². The molecule has 4 nitrogen and oxygen atoms in total. The van der Waals surface area contributed by atoms with E-state index in [4.69, 9.17) is 4.42 Å². The van der Waals surface area contributed by atoms with Crippen LogP contribution in [-0.4, -0.2) is 33.6 Å². The van der Waals surface area contributed by atoms with Crippen molar-refractivity contribution in [1.82, 2.24) is 0 Å². The van der Waals surface area contributed by atoms with Crippen molar-refractivity contribution in [2.24, 2.45) is 23.2 Å². The summed E-state index contributed by atoms with van der Waals surface area (Å²) in [6.07, 6.45) is 20.7. The van der Waals surface area contributed by atoms with Gasteiger partial charge in [-0.25, -0.2) is 0 Å². The SMILES string of the molecule is C=C1C(=CC=C2CCC[C@]3(C)[C@@H]([C@H](C)C=C[C@H](O)C4(c5ccc(CCCCC)o5)CC4)CC[C@@H]23)C[C@@H](O)C[C@@H]1O. The molecule has 1 aromatic rings. The molecule has 4 heteroatoms. The molecule has 0 aliphatic heterocycles. The zero-order valence-corrected chi connectivity index (χ0v) is 25.1. The number of hydrogen-bond donors (Lipinski definition) is 3. The highest BCUT2D eigenvalue weighted by Gasteiger charge is 2.53. The number of aliphatic hydroxyl groups excluding tert-OH is 3. The highest BCUT2D eigenvalue weighted by Crippen LogP contribution is 2.60. The van der Waals surface area contributed by atoms with Crippen molar-refractivity contribution >= 4 is 0 Å². The second kappa shape index (κ2) is 12.2. The number of unbranched alkanes of at least 4 members (excludes halogenated alkanes) is 2. The predicted molar refractivity (Wildman–Crippen MR) is 162 cm³/mol. The Morgan fingerprint density at radius 1 is 1.10 bits per heavy atom. The second-order valence-electron chi connectivity index (χ2n) is 13.7. The van der Waals surface area contributed by atoms with E-state index in [0.717, 1.165) is 54.8 Å². The van der Waals surface area contributed by atoms with E-state index in [1.54, 1.807) is 0 Å². The number of furan rings is 1. The van der Waals surface area contributed by atoms with Gasteiger partial charge in [-0.15, -0.1) is 0 Å². The number of aliphatic hydroxyl groups is 3. The van der Waals surface area contributed by atoms with E-state index in [0.29, 0.717) is 30.6 Å². The fourth-order valence-corrected chi connectivity index (χ4v) is 8.36. The second-order valence-corrected chi connectivity index (χ2v) is 13.7. The Kier molecular flexibility index (Phi) is 9.00. The van der Waals surface area contributed by atoms with Gasteiger partial charge in [-0.3, -0.25) is 0 Å². The van der Waals surface area contributed by atoms with Crippen LogP contribution >= 0.6 is 0 Å². The van der Waals surface area contributed by atoms with E-state index in [-0.39, 0.29) is 10.8 Å². The van der Waals surface area contributed by atoms with Crippen LogP contribution in [0.4, 0.5) is 0 Å². The number of hydrogen-bond acceptors (Lipinski definition) is 4. The topological polar surface area (TPSA) is 73.8 Å². The third kappa shape index (κ3) is 5.87. The minimum Gasteiger partial charge on any atom is -0.465 e. The van der Waals surface area contributed by atoms with Crippen LogP contribution in [0.1, 0.15) is 109 Å². The lowest BCUT2D eigenvalue weighted by Crippen LogP contribution is -2.35. The van der Waals surface area contributed by atoms with Crippen LogP contribution in [0.15, 0.2) is 64.2 Å². The number of rotatable bonds is 10. The zero-order valence-electron chi connectivity index (χ0n) is 25.1. The van der Waals surface area contributed by atoms with Gasteiger partial charge in [0, 0.05) is 12.8 Å². The van der Waals surface area contributed by atoms with Crippen LogP contribution < -0.4 is 0 Å². The van der Waals surface area contributed by atoms with Crippen LogP contribution in [0.25, 0.3) is 0 Å². The monoisotopic (exact) mass is 548 g/mol. The van der Waals surface area contributed by atoms with E-state index < -0.39 is 18.3 Å². The lowest BCUT2D eigenvalue weighted by molar-refractivity contribution is 0.0862. The molecule has 0 saturated heterocycles. The average molecular weight is 549 g/mol. The van der Waals surface area contributed by atoms with E-state index in [1.807, 2.05) is 0 Å². The Bertz CT molecular complexity index is 1130. The first-order chi connectivity index (χ1) is 19.2. The Labute approximate surface area is 242 Å². The van der Waals surface area contributed by atoms with Crippen molar-refractivity contribution in [3.63, 3.8) is 0 Å². The molecule has 0 amide bonds. The molecular weight excluding hydrogens is 496 g/mol. The molecule has 7 atom stereocenters. The summed E-state index contributed by atoms with van der Waals surface area (Å²) in [7, 11) is 0. The van der Waals surface area contributed by atoms with Crippen molar-refractivity contribution in [3.8, 4) is 0 Å². The minimum absolute atomic E-state index is 0.236. The van der Waals surface area contributed by atoms with Crippen LogP contribution in [-0.2, 0) is 11.8 Å². The molecule has 0 unspecified atom stereocenters. The first-order valence-electron chi connectivity index (χ1n) is 16.1. The van der Waals surface area contributed by atoms with Crippen molar-refractivity contribution in [1.29, 1.82) is 0 Å². The van der Waals surface area contributed by atoms with E-state index in [1.165, 1.54) is 44.1 Å². The van der Waals surface area contributed by atoms with Gasteiger partial charge in [-0.05, 0) is 104 Å². The molecule has 4 saturated carbocycles. The van der Waals surface area contributed by atoms with E-state index in [2.05, 4.69) is 63.8 Å². The van der Waals surface area contributed by atoms with Crippen molar-refractivity contribution < 1.29 is 19.7 Å². The van der Waals surface area contributed by atoms with Gasteiger partial charge in [0.25, 0.3) is 0 Å². The Hall–Kier alpha value is -1.88. The fraction of sp³-hybridized carbons (Fsp3) is 0.667. The van der Waals surface area contributed by atoms with Gasteiger partial charge in [0.1, 0.15) is 11.5 Å². The van der Waals surface area contributed by atoms with Gasteiger partial charge < -0.3 is 19.7 Å². The lowest BCUT2D eigenvalue weighted by Gasteiger charge is -2.44. The third-order valence-corrected chi connectivity index (χ3v) is 11.1. The first kappa shape index (κ1) is 29.6. The number of fused-ring (bicyclic) bond motifs is 1. The van der Waals surface area contributed by atoms with E-state index >= 15 is 0 Å². The third-order valence-electron chi connectivity index (χ3n) is 11.1. The molecule has 220 valence electrons. The molecule has 0 spiro atoms. The van der Waals surface area contributed by atoms with Gasteiger partial charge in [0.15, 0.2) is 0 Å². The molecule has 1 heterocycles. The minimum atomic E-state index is -0.640. The lowest BCUT2D eigenvalue weighted by atomic mass is 9.61. The predicted octanol–water partition coefficient (Wildman–Crippen LogP) is 7.74. The molecular formula is C36H52O4. The van der Waals surface area contributed by atoms with Crippen LogP contribution in [0.3, 0.4) is 0 Å². The number of allylic oxidation sites excluding steroid dienone is 4. The normalized spacial score (nSPS) is 35.4. The summed E-state index contributed by atoms with van der Waals surface area (Å²) in [5.74, 6) is 3.59. The van der Waals surface area contributed by atoms with Gasteiger partial charge >= 0.3 is 0 Å². The Balaban J connectivity index is 1.24. The molecule has 1 aromatic heterocycles. The maximum absolute atomic E-state index is 11.3. The highest BCUT2D eigenvalue weighted by atomic mass is 16.3. The first-order valence-corrected chi connectivity index (χ1v) is 16.1. The number of aryl methyl sites for hydroxylation is 1. The maximum atomic E-state index is 11.3. The summed E-state index contributed by atoms with van der Waals surface area (Å²) < 4.78 is 6.23. The summed E-state index contributed by atoms with van der Waals surface area (Å²) in [6, 6.07) is 4.22. The molecule has 4 aliphatic carbocycles. The maximum Gasteiger partial charge on any atom is 0.113 e. The molecule has 0 aromatic carbocycles. The molecule has 4 fully saturated rings. The zero-order chi connectivity index (χ0) is 28.5. The fourth-order valence-electron chi connectivity index (χ4n) is 8.36. The Morgan fingerprint density at radius 3 is 2.65 bits per heavy atom. The molecule has 0 bridgehead atoms. The van der Waals surface area contributed by atoms with Crippen molar-refractivity contribution in [3.05, 3.63) is 71.3 Å². The van der Waals surface area contributed by atoms with E-state index in [9.17, 15) is 15.3 Å². The molecule has 5 rings (SSSR count). The largest absolute Gasteiger partial charge is 0.465 e. The highest BCUT2D eigenvalue weighted by molar-refractivity contribution is 5.39. The van der Waals surface area contributed by atoms with Gasteiger partial charge in [0.2, 0.25) is 0 Å². The van der Waals surface area contributed by atoms with Gasteiger partial charge in [-0.1, -0.05) is 70.1 Å². The molecule has 40 heavy (non-hydrogen) atoms. The smallest absolute Gasteiger partial charge is 0.113 e. The van der Waals surface area contributed by atoms with Crippen LogP contribution in [0.2, 0.25) is 0 Å². The Morgan fingerprint density at radius 2 is 1.90 bits per heavy atom. The molecule has 3 N–H and O–H groups in total. The van der Waals surface area contributed by atoms with Crippen molar-refractivity contribution in [2.45, 2.75) is 128 Å². The standard InChI is InChI=1S/C36H52O4/c1-5-6-7-10-29-14-18-34(40-29)36(20-21-36)33(39)17-11-24(2)30-15-16-31-26(9-8-19-35(30,31)4)12-13-27-22-28(37)23-32(38)25(27)3/h11-14,17-18,24,28,30-33,37-39H,3,5-10,15-16,19-23H2,1-2,4H3/t24-,28-,30-,31+,32+,33+,35-/m1/s1. The summed E-state index contributed by atoms with van der Waals surface area (Å²) >= 11 is 0. The van der Waals surface area contributed by atoms with Gasteiger partial charge in [-0.2, -0.15) is 0 Å². The summed E-state index contributed by atoms with van der Waals surface area (Å²) in [5, 5.41) is 31.7. The summed E-state index contributed by atoms with van der Waals surface area (Å²) in [5.41, 5.74) is 3.29. The molecule has 4 aliphatic rings. The molecule has 0 radical (unpaired) electrons.